The van der Waals surface area contributed by atoms with Crippen LogP contribution >= 0.6 is 0 Å². The molecule has 0 aliphatic rings. The quantitative estimate of drug-likeness (QED) is 0.102. The van der Waals surface area contributed by atoms with E-state index in [1.54, 1.807) is 0 Å². The summed E-state index contributed by atoms with van der Waals surface area (Å²) in [4.78, 5) is 9.28. The predicted octanol–water partition coefficient (Wildman–Crippen LogP) is 20.8. The summed E-state index contributed by atoms with van der Waals surface area (Å²) < 4.78 is 2.17. The monoisotopic (exact) mass is 1070 g/mol. The first kappa shape index (κ1) is 50.0. The number of anilines is 12. The number of nitrogens with zero attached hydrogens (tertiary/aromatic N) is 7. The molecular weight excluding hydrogens is 1010 g/mol. The Morgan fingerprint density at radius 1 is 0.205 bits per heavy atom. The Morgan fingerprint density at radius 2 is 0.458 bits per heavy atom. The lowest BCUT2D eigenvalue weighted by Gasteiger charge is -2.29. The molecule has 7 heteroatoms. The van der Waals surface area contributed by atoms with Crippen molar-refractivity contribution < 1.29 is 0 Å². The van der Waals surface area contributed by atoms with Crippen LogP contribution in [0.2, 0.25) is 0 Å². The molecular formula is C76H55N7. The van der Waals surface area contributed by atoms with Gasteiger partial charge in [-0.05, 0) is 181 Å². The first-order chi connectivity index (χ1) is 41.2. The van der Waals surface area contributed by atoms with Crippen molar-refractivity contribution in [3.8, 4) is 28.5 Å². The second-order valence-corrected chi connectivity index (χ2v) is 20.3. The van der Waals surface area contributed by atoms with Gasteiger partial charge in [-0.15, -0.1) is 10.2 Å². The van der Waals surface area contributed by atoms with Crippen LogP contribution in [0.4, 0.5) is 68.2 Å². The highest BCUT2D eigenvalue weighted by Gasteiger charge is 2.23. The number of hydrogen-bond donors (Lipinski definition) is 0. The number of hydrogen-bond acceptors (Lipinski definition) is 6. The molecule has 0 fully saturated rings. The molecule has 83 heavy (non-hydrogen) atoms. The SMILES string of the molecule is c1ccc(N(c2ccccc2)c2ccc(N(c3ccc(-c4nnc(-c5ccc(N(c6ccc(N(c7ccccc7)c7ccccc7)cc6)c6cccc7ccccc67)cc5)n4-c4ccccc4)cc3)c3cccc4ccccc34)cc2)cc1. The van der Waals surface area contributed by atoms with Gasteiger partial charge in [0.25, 0.3) is 0 Å². The zero-order valence-corrected chi connectivity index (χ0v) is 45.4. The highest BCUT2D eigenvalue weighted by molar-refractivity contribution is 6.00. The van der Waals surface area contributed by atoms with Gasteiger partial charge in [-0.2, -0.15) is 0 Å². The fraction of sp³-hybridized carbons (Fsp3) is 0. The largest absolute Gasteiger partial charge is 0.311 e. The Kier molecular flexibility index (Phi) is 13.5. The number of rotatable bonds is 15. The minimum absolute atomic E-state index is 0.738. The second kappa shape index (κ2) is 22.5. The Hall–Kier alpha value is -11.3. The highest BCUT2D eigenvalue weighted by atomic mass is 15.3. The molecule has 0 atom stereocenters. The van der Waals surface area contributed by atoms with Crippen LogP contribution < -0.4 is 19.6 Å². The topological polar surface area (TPSA) is 43.7 Å². The minimum atomic E-state index is 0.738. The zero-order chi connectivity index (χ0) is 55.3. The summed E-state index contributed by atoms with van der Waals surface area (Å²) in [6.45, 7) is 0. The average molecular weight is 1070 g/mol. The summed E-state index contributed by atoms with van der Waals surface area (Å²) in [6.07, 6.45) is 0. The second-order valence-electron chi connectivity index (χ2n) is 20.3. The Bertz CT molecular complexity index is 4100. The van der Waals surface area contributed by atoms with Crippen LogP contribution in [0.25, 0.3) is 50.0 Å². The molecule has 0 aliphatic carbocycles. The number of para-hydroxylation sites is 5. The van der Waals surface area contributed by atoms with Crippen molar-refractivity contribution in [2.45, 2.75) is 0 Å². The maximum atomic E-state index is 4.98. The molecule has 13 aromatic carbocycles. The molecule has 0 unspecified atom stereocenters. The third-order valence-corrected chi connectivity index (χ3v) is 15.2. The van der Waals surface area contributed by atoms with Gasteiger partial charge < -0.3 is 19.6 Å². The van der Waals surface area contributed by atoms with Crippen LogP contribution in [-0.4, -0.2) is 14.8 Å². The van der Waals surface area contributed by atoms with E-state index in [2.05, 4.69) is 352 Å². The van der Waals surface area contributed by atoms with Gasteiger partial charge in [0.1, 0.15) is 0 Å². The molecule has 14 aromatic rings. The fourth-order valence-corrected chi connectivity index (χ4v) is 11.4. The van der Waals surface area contributed by atoms with Crippen LogP contribution in [-0.2, 0) is 0 Å². The van der Waals surface area contributed by atoms with Crippen molar-refractivity contribution in [1.29, 1.82) is 0 Å². The van der Waals surface area contributed by atoms with E-state index in [9.17, 15) is 0 Å². The standard InChI is InChI=1S/C76H55N7/c1-6-26-60(27-7-1)79(61-28-8-2-9-29-61)65-48-52-69(53-49-65)81(73-38-20-24-56-22-16-18-36-71(56)73)67-44-40-58(41-45-67)75-77-78-76(83(75)64-34-14-5-15-35-64)59-42-46-68(47-43-59)82(74-39-21-25-57-23-17-19-37-72(57)74)70-54-50-66(51-55-70)80(62-30-10-3-11-31-62)63-32-12-4-13-33-63/h1-55H. The third-order valence-electron chi connectivity index (χ3n) is 15.2. The van der Waals surface area contributed by atoms with Gasteiger partial charge in [-0.3, -0.25) is 4.57 Å². The molecule has 0 radical (unpaired) electrons. The summed E-state index contributed by atoms with van der Waals surface area (Å²) in [5.41, 5.74) is 15.6. The molecule has 394 valence electrons. The van der Waals surface area contributed by atoms with Gasteiger partial charge in [0.2, 0.25) is 0 Å². The molecule has 14 rings (SSSR count). The highest BCUT2D eigenvalue weighted by Crippen LogP contribution is 2.45. The van der Waals surface area contributed by atoms with E-state index in [1.807, 2.05) is 6.07 Å². The lowest BCUT2D eigenvalue weighted by molar-refractivity contribution is 1.07. The van der Waals surface area contributed by atoms with Gasteiger partial charge in [0, 0.05) is 84.5 Å². The van der Waals surface area contributed by atoms with Crippen molar-refractivity contribution in [2.24, 2.45) is 0 Å². The van der Waals surface area contributed by atoms with Crippen LogP contribution in [0.5, 0.6) is 0 Å². The lowest BCUT2D eigenvalue weighted by atomic mass is 10.1. The Balaban J connectivity index is 0.827. The number of benzene rings is 13. The van der Waals surface area contributed by atoms with Crippen LogP contribution in [0, 0.1) is 0 Å². The summed E-state index contributed by atoms with van der Waals surface area (Å²) in [5.74, 6) is 1.48. The van der Waals surface area contributed by atoms with Crippen molar-refractivity contribution in [1.82, 2.24) is 14.8 Å². The van der Waals surface area contributed by atoms with Crippen molar-refractivity contribution in [3.63, 3.8) is 0 Å². The first-order valence-electron chi connectivity index (χ1n) is 28.0. The lowest BCUT2D eigenvalue weighted by Crippen LogP contribution is -2.12. The molecule has 0 bridgehead atoms. The van der Waals surface area contributed by atoms with Crippen molar-refractivity contribution >= 4 is 89.8 Å². The van der Waals surface area contributed by atoms with Crippen molar-refractivity contribution in [3.05, 3.63) is 334 Å². The summed E-state index contributed by atoms with van der Waals surface area (Å²) in [6, 6.07) is 118. The number of fused-ring (bicyclic) bond motifs is 2. The summed E-state index contributed by atoms with van der Waals surface area (Å²) in [7, 11) is 0. The fourth-order valence-electron chi connectivity index (χ4n) is 11.4. The van der Waals surface area contributed by atoms with Gasteiger partial charge in [0.05, 0.1) is 11.4 Å². The molecule has 1 aromatic heterocycles. The minimum Gasteiger partial charge on any atom is -0.311 e. The summed E-state index contributed by atoms with van der Waals surface area (Å²) >= 11 is 0. The van der Waals surface area contributed by atoms with Gasteiger partial charge in [-0.1, -0.05) is 164 Å². The summed E-state index contributed by atoms with van der Waals surface area (Å²) in [5, 5.41) is 14.6. The predicted molar refractivity (Wildman–Crippen MR) is 346 cm³/mol. The molecule has 1 heterocycles. The van der Waals surface area contributed by atoms with Crippen LogP contribution in [0.15, 0.2) is 334 Å². The average Bonchev–Trinajstić information content (AvgIpc) is 4.22. The molecule has 0 aliphatic heterocycles. The van der Waals surface area contributed by atoms with Gasteiger partial charge in [0.15, 0.2) is 11.6 Å². The smallest absolute Gasteiger partial charge is 0.168 e. The Labute approximate surface area is 483 Å². The zero-order valence-electron chi connectivity index (χ0n) is 45.4. The molecule has 7 nitrogen and oxygen atoms in total. The van der Waals surface area contributed by atoms with E-state index in [1.165, 1.54) is 10.8 Å². The van der Waals surface area contributed by atoms with E-state index in [-0.39, 0.29) is 0 Å². The van der Waals surface area contributed by atoms with Crippen LogP contribution in [0.1, 0.15) is 0 Å². The molecule has 0 saturated heterocycles. The molecule has 0 amide bonds. The van der Waals surface area contributed by atoms with Gasteiger partial charge >= 0.3 is 0 Å². The van der Waals surface area contributed by atoms with E-state index in [0.29, 0.717) is 0 Å². The van der Waals surface area contributed by atoms with Gasteiger partial charge in [-0.25, -0.2) is 0 Å². The van der Waals surface area contributed by atoms with E-state index < -0.39 is 0 Å². The van der Waals surface area contributed by atoms with E-state index >= 15 is 0 Å². The molecule has 0 spiro atoms. The molecule has 0 saturated carbocycles. The van der Waals surface area contributed by atoms with Crippen molar-refractivity contribution in [2.75, 3.05) is 19.6 Å². The number of aromatic nitrogens is 3. The Morgan fingerprint density at radius 3 is 0.795 bits per heavy atom. The van der Waals surface area contributed by atoms with E-state index in [4.69, 9.17) is 10.2 Å². The maximum absolute atomic E-state index is 4.98. The third kappa shape index (κ3) is 9.89. The molecule has 0 N–H and O–H groups in total. The normalized spacial score (nSPS) is 11.1. The first-order valence-corrected chi connectivity index (χ1v) is 28.0. The maximum Gasteiger partial charge on any atom is 0.168 e. The van der Waals surface area contributed by atoms with E-state index in [0.717, 1.165) is 107 Å². The van der Waals surface area contributed by atoms with Crippen LogP contribution in [0.3, 0.4) is 0 Å².